The molecule has 0 bridgehead atoms. The summed E-state index contributed by atoms with van der Waals surface area (Å²) in [6.07, 6.45) is 3.36. The fraction of sp³-hybridized carbons (Fsp3) is 0.409. The molecule has 1 saturated heterocycles. The highest BCUT2D eigenvalue weighted by molar-refractivity contribution is 5.75. The molecular weight excluding hydrogens is 408 g/mol. The Morgan fingerprint density at radius 3 is 2.84 bits per heavy atom. The van der Waals surface area contributed by atoms with E-state index in [-0.39, 0.29) is 24.8 Å². The van der Waals surface area contributed by atoms with Crippen LogP contribution in [-0.4, -0.2) is 42.8 Å². The largest absolute Gasteiger partial charge is 0.341 e. The van der Waals surface area contributed by atoms with E-state index >= 15 is 0 Å². The van der Waals surface area contributed by atoms with E-state index in [2.05, 4.69) is 26.7 Å². The zero-order valence-corrected chi connectivity index (χ0v) is 18.1. The number of anilines is 1. The second-order valence-corrected chi connectivity index (χ2v) is 7.80. The van der Waals surface area contributed by atoms with Crippen LogP contribution in [0, 0.1) is 23.2 Å². The van der Waals surface area contributed by atoms with Crippen molar-refractivity contribution >= 4 is 17.1 Å². The number of nitrogens with zero attached hydrogens (tertiary/aromatic N) is 7. The predicted octanol–water partition coefficient (Wildman–Crippen LogP) is 0.162. The lowest BCUT2D eigenvalue weighted by atomic mass is 10.1. The summed E-state index contributed by atoms with van der Waals surface area (Å²) in [6.45, 7) is 3.31. The molecule has 3 aromatic rings. The molecule has 10 nitrogen and oxygen atoms in total. The normalized spacial score (nSPS) is 15.9. The number of piperidine rings is 1. The van der Waals surface area contributed by atoms with E-state index in [1.54, 1.807) is 30.7 Å². The topological polar surface area (TPSA) is 128 Å². The van der Waals surface area contributed by atoms with Gasteiger partial charge in [0, 0.05) is 37.9 Å². The number of hydrogen-bond donors (Lipinski definition) is 1. The lowest BCUT2D eigenvalue weighted by Crippen LogP contribution is -2.44. The summed E-state index contributed by atoms with van der Waals surface area (Å²) in [5, 5.41) is 9.34. The lowest BCUT2D eigenvalue weighted by Gasteiger charge is -2.31. The van der Waals surface area contributed by atoms with Crippen LogP contribution < -0.4 is 21.9 Å². The van der Waals surface area contributed by atoms with Crippen molar-refractivity contribution in [1.29, 1.82) is 5.26 Å². The molecular formula is C22H24N8O2. The third-order valence-corrected chi connectivity index (χ3v) is 5.69. The van der Waals surface area contributed by atoms with Gasteiger partial charge in [0.25, 0.3) is 5.56 Å². The average molecular weight is 432 g/mol. The van der Waals surface area contributed by atoms with Crippen LogP contribution in [0.15, 0.2) is 27.9 Å². The van der Waals surface area contributed by atoms with E-state index in [0.717, 1.165) is 24.0 Å². The Hall–Kier alpha value is -3.89. The minimum Gasteiger partial charge on any atom is -0.341 e. The summed E-state index contributed by atoms with van der Waals surface area (Å²) in [7, 11) is 1.59. The molecule has 2 N–H and O–H groups in total. The highest BCUT2D eigenvalue weighted by Gasteiger charge is 2.26. The zero-order chi connectivity index (χ0) is 22.8. The van der Waals surface area contributed by atoms with E-state index < -0.39 is 11.2 Å². The summed E-state index contributed by atoms with van der Waals surface area (Å²) in [5.74, 6) is 6.45. The second kappa shape index (κ2) is 8.69. The summed E-state index contributed by atoms with van der Waals surface area (Å²) >= 11 is 0. The van der Waals surface area contributed by atoms with Gasteiger partial charge in [-0.1, -0.05) is 12.0 Å². The van der Waals surface area contributed by atoms with Gasteiger partial charge in [0.1, 0.15) is 11.8 Å². The van der Waals surface area contributed by atoms with Crippen LogP contribution in [0.1, 0.15) is 31.0 Å². The van der Waals surface area contributed by atoms with Crippen molar-refractivity contribution in [2.24, 2.45) is 12.8 Å². The highest BCUT2D eigenvalue weighted by Crippen LogP contribution is 2.23. The molecule has 0 aliphatic carbocycles. The molecule has 0 amide bonds. The van der Waals surface area contributed by atoms with E-state index in [9.17, 15) is 14.9 Å². The van der Waals surface area contributed by atoms with Gasteiger partial charge in [-0.15, -0.1) is 5.92 Å². The summed E-state index contributed by atoms with van der Waals surface area (Å²) in [5.41, 5.74) is 6.45. The summed E-state index contributed by atoms with van der Waals surface area (Å²) in [4.78, 5) is 37.4. The number of fused-ring (bicyclic) bond motifs is 1. The standard InChI is InChI=1S/C22H24N8O2/c1-3-4-11-29-18-19(26-21(29)28-10-6-8-16(24)14-28)27(2)22(32)30(20(18)31)13-15-7-5-9-25-17(15)12-23/h5,7,9,16H,6,8,10-11,13-14,24H2,1-2H3/t16-/m1/s1. The van der Waals surface area contributed by atoms with Crippen molar-refractivity contribution in [3.8, 4) is 17.9 Å². The minimum atomic E-state index is -0.511. The minimum absolute atomic E-state index is 0.0183. The third-order valence-electron chi connectivity index (χ3n) is 5.69. The maximum atomic E-state index is 13.5. The zero-order valence-electron chi connectivity index (χ0n) is 18.1. The first kappa shape index (κ1) is 21.3. The Bertz CT molecular complexity index is 1400. The quantitative estimate of drug-likeness (QED) is 0.582. The van der Waals surface area contributed by atoms with Crippen LogP contribution >= 0.6 is 0 Å². The van der Waals surface area contributed by atoms with Crippen molar-refractivity contribution in [2.75, 3.05) is 18.0 Å². The van der Waals surface area contributed by atoms with Crippen molar-refractivity contribution in [3.05, 3.63) is 50.4 Å². The number of aromatic nitrogens is 5. The van der Waals surface area contributed by atoms with Gasteiger partial charge < -0.3 is 10.6 Å². The molecule has 0 aromatic carbocycles. The number of imidazole rings is 1. The molecule has 1 aliphatic heterocycles. The third kappa shape index (κ3) is 3.66. The maximum absolute atomic E-state index is 13.5. The highest BCUT2D eigenvalue weighted by atomic mass is 16.2. The van der Waals surface area contributed by atoms with Gasteiger partial charge in [0.05, 0.1) is 13.1 Å². The van der Waals surface area contributed by atoms with Gasteiger partial charge in [0.2, 0.25) is 5.95 Å². The Labute approximate surface area is 184 Å². The van der Waals surface area contributed by atoms with Crippen molar-refractivity contribution < 1.29 is 0 Å². The fourth-order valence-corrected chi connectivity index (χ4v) is 4.08. The maximum Gasteiger partial charge on any atom is 0.332 e. The molecule has 0 unspecified atom stereocenters. The molecule has 32 heavy (non-hydrogen) atoms. The van der Waals surface area contributed by atoms with Crippen LogP contribution in [0.4, 0.5) is 5.95 Å². The van der Waals surface area contributed by atoms with E-state index in [1.807, 2.05) is 6.07 Å². The average Bonchev–Trinajstić information content (AvgIpc) is 3.19. The Morgan fingerprint density at radius 1 is 1.31 bits per heavy atom. The number of pyridine rings is 1. The van der Waals surface area contributed by atoms with Crippen LogP contribution in [-0.2, 0) is 20.1 Å². The number of nitriles is 1. The van der Waals surface area contributed by atoms with Crippen LogP contribution in [0.2, 0.25) is 0 Å². The Balaban J connectivity index is 1.94. The number of nitrogens with two attached hydrogens (primary N) is 1. The fourth-order valence-electron chi connectivity index (χ4n) is 4.08. The first-order valence-corrected chi connectivity index (χ1v) is 10.4. The number of aryl methyl sites for hydroxylation is 1. The molecule has 10 heteroatoms. The van der Waals surface area contributed by atoms with Crippen molar-refractivity contribution in [3.63, 3.8) is 0 Å². The van der Waals surface area contributed by atoms with Gasteiger partial charge >= 0.3 is 5.69 Å². The molecule has 164 valence electrons. The first-order chi connectivity index (χ1) is 15.5. The van der Waals surface area contributed by atoms with Crippen LogP contribution in [0.5, 0.6) is 0 Å². The molecule has 1 atom stereocenters. The number of rotatable bonds is 4. The molecule has 0 saturated carbocycles. The second-order valence-electron chi connectivity index (χ2n) is 7.80. The predicted molar refractivity (Wildman–Crippen MR) is 120 cm³/mol. The van der Waals surface area contributed by atoms with E-state index in [1.165, 1.54) is 10.8 Å². The summed E-state index contributed by atoms with van der Waals surface area (Å²) in [6, 6.07) is 5.38. The monoisotopic (exact) mass is 432 g/mol. The van der Waals surface area contributed by atoms with Crippen LogP contribution in [0.25, 0.3) is 11.2 Å². The van der Waals surface area contributed by atoms with Crippen LogP contribution in [0.3, 0.4) is 0 Å². The molecule has 1 fully saturated rings. The van der Waals surface area contributed by atoms with Gasteiger partial charge in [-0.05, 0) is 25.8 Å². The van der Waals surface area contributed by atoms with Gasteiger partial charge in [0.15, 0.2) is 11.2 Å². The lowest BCUT2D eigenvalue weighted by molar-refractivity contribution is 0.496. The summed E-state index contributed by atoms with van der Waals surface area (Å²) < 4.78 is 4.24. The molecule has 0 radical (unpaired) electrons. The van der Waals surface area contributed by atoms with Crippen molar-refractivity contribution in [2.45, 2.75) is 38.9 Å². The molecule has 1 aliphatic rings. The van der Waals surface area contributed by atoms with E-state index in [4.69, 9.17) is 5.73 Å². The number of hydrogen-bond acceptors (Lipinski definition) is 7. The smallest absolute Gasteiger partial charge is 0.332 e. The SMILES string of the molecule is CC#CCn1c(N2CCC[C@@H](N)C2)nc2c1c(=O)n(Cc1cccnc1C#N)c(=O)n2C. The first-order valence-electron chi connectivity index (χ1n) is 10.4. The Kier molecular flexibility index (Phi) is 5.80. The van der Waals surface area contributed by atoms with E-state index in [0.29, 0.717) is 29.2 Å². The molecule has 0 spiro atoms. The van der Waals surface area contributed by atoms with Gasteiger partial charge in [-0.2, -0.15) is 10.2 Å². The molecule has 4 heterocycles. The Morgan fingerprint density at radius 2 is 2.12 bits per heavy atom. The van der Waals surface area contributed by atoms with Crippen molar-refractivity contribution in [1.82, 2.24) is 23.7 Å². The van der Waals surface area contributed by atoms with Gasteiger partial charge in [-0.25, -0.2) is 9.78 Å². The van der Waals surface area contributed by atoms with Gasteiger partial charge in [-0.3, -0.25) is 18.5 Å². The molecule has 3 aromatic heterocycles. The molecule has 4 rings (SSSR count).